The summed E-state index contributed by atoms with van der Waals surface area (Å²) in [5, 5.41) is 3.12. The lowest BCUT2D eigenvalue weighted by atomic mass is 9.79. The summed E-state index contributed by atoms with van der Waals surface area (Å²) in [5.74, 6) is -0.297. The third-order valence-corrected chi connectivity index (χ3v) is 9.07. The standard InChI is InChI=1S/C23H35N3O4S/c27-22(24-19-23(11-5-1-6-12-23)25-15-17-30-18-16-25)20-9-3-4-10-21(20)31(28,29)26-13-7-2-8-14-26/h3-4,9-10H,1-2,5-8,11-19H2,(H,24,27). The number of nitrogens with one attached hydrogen (secondary N) is 1. The number of amides is 1. The minimum Gasteiger partial charge on any atom is -0.379 e. The first-order valence-corrected chi connectivity index (χ1v) is 13.2. The van der Waals surface area contributed by atoms with Gasteiger partial charge in [-0.05, 0) is 37.8 Å². The van der Waals surface area contributed by atoms with E-state index in [0.717, 1.165) is 71.2 Å². The Labute approximate surface area is 186 Å². The highest BCUT2D eigenvalue weighted by atomic mass is 32.2. The molecule has 0 aromatic heterocycles. The van der Waals surface area contributed by atoms with Crippen LogP contribution in [-0.2, 0) is 14.8 Å². The number of sulfonamides is 1. The van der Waals surface area contributed by atoms with E-state index in [2.05, 4.69) is 10.2 Å². The number of nitrogens with zero attached hydrogens (tertiary/aromatic N) is 2. The number of hydrogen-bond donors (Lipinski definition) is 1. The van der Waals surface area contributed by atoms with Crippen LogP contribution in [0.25, 0.3) is 0 Å². The molecule has 0 unspecified atom stereocenters. The van der Waals surface area contributed by atoms with Gasteiger partial charge in [0.25, 0.3) is 5.91 Å². The number of ether oxygens (including phenoxy) is 1. The molecule has 0 radical (unpaired) electrons. The minimum absolute atomic E-state index is 0.0572. The summed E-state index contributed by atoms with van der Waals surface area (Å²) in [5.41, 5.74) is 0.194. The molecular formula is C23H35N3O4S. The van der Waals surface area contributed by atoms with Gasteiger partial charge in [-0.1, -0.05) is 37.8 Å². The van der Waals surface area contributed by atoms with Gasteiger partial charge in [-0.2, -0.15) is 4.31 Å². The molecule has 3 fully saturated rings. The topological polar surface area (TPSA) is 79.0 Å². The number of benzene rings is 1. The lowest BCUT2D eigenvalue weighted by Gasteiger charge is -2.48. The third kappa shape index (κ3) is 4.97. The molecule has 31 heavy (non-hydrogen) atoms. The number of hydrogen-bond acceptors (Lipinski definition) is 5. The second kappa shape index (κ2) is 9.98. The summed E-state index contributed by atoms with van der Waals surface area (Å²) in [6.07, 6.45) is 8.46. The number of carbonyl (C=O) groups excluding carboxylic acids is 1. The highest BCUT2D eigenvalue weighted by Crippen LogP contribution is 2.34. The van der Waals surface area contributed by atoms with Gasteiger partial charge >= 0.3 is 0 Å². The lowest BCUT2D eigenvalue weighted by molar-refractivity contribution is -0.0361. The molecule has 2 heterocycles. The van der Waals surface area contributed by atoms with Gasteiger partial charge in [0.05, 0.1) is 23.7 Å². The van der Waals surface area contributed by atoms with Crippen molar-refractivity contribution in [3.8, 4) is 0 Å². The maximum atomic E-state index is 13.3. The Kier molecular flexibility index (Phi) is 7.31. The third-order valence-electron chi connectivity index (χ3n) is 7.11. The van der Waals surface area contributed by atoms with Crippen LogP contribution in [0, 0.1) is 0 Å². The highest BCUT2D eigenvalue weighted by Gasteiger charge is 2.39. The minimum atomic E-state index is -3.67. The van der Waals surface area contributed by atoms with Gasteiger partial charge < -0.3 is 10.1 Å². The smallest absolute Gasteiger partial charge is 0.252 e. The molecule has 8 heteroatoms. The van der Waals surface area contributed by atoms with Crippen molar-refractivity contribution in [3.63, 3.8) is 0 Å². The maximum absolute atomic E-state index is 13.3. The van der Waals surface area contributed by atoms with Crippen molar-refractivity contribution in [1.82, 2.24) is 14.5 Å². The molecule has 2 aliphatic heterocycles. The van der Waals surface area contributed by atoms with Gasteiger partial charge in [0, 0.05) is 38.3 Å². The van der Waals surface area contributed by atoms with E-state index < -0.39 is 10.0 Å². The first kappa shape index (κ1) is 22.7. The number of rotatable bonds is 6. The lowest BCUT2D eigenvalue weighted by Crippen LogP contribution is -2.59. The van der Waals surface area contributed by atoms with Crippen molar-refractivity contribution in [3.05, 3.63) is 29.8 Å². The predicted octanol–water partition coefficient (Wildman–Crippen LogP) is 2.63. The zero-order valence-corrected chi connectivity index (χ0v) is 19.2. The van der Waals surface area contributed by atoms with Crippen LogP contribution in [0.15, 0.2) is 29.2 Å². The van der Waals surface area contributed by atoms with E-state index in [-0.39, 0.29) is 21.9 Å². The fraction of sp³-hybridized carbons (Fsp3) is 0.696. The number of piperidine rings is 1. The van der Waals surface area contributed by atoms with Crippen molar-refractivity contribution in [2.45, 2.75) is 61.8 Å². The van der Waals surface area contributed by atoms with E-state index in [9.17, 15) is 13.2 Å². The van der Waals surface area contributed by atoms with Crippen LogP contribution in [0.1, 0.15) is 61.7 Å². The van der Waals surface area contributed by atoms with Crippen LogP contribution in [-0.4, -0.2) is 75.0 Å². The van der Waals surface area contributed by atoms with Crippen molar-refractivity contribution in [2.75, 3.05) is 45.9 Å². The first-order valence-electron chi connectivity index (χ1n) is 11.7. The van der Waals surface area contributed by atoms with Gasteiger partial charge in [0.1, 0.15) is 0 Å². The molecule has 7 nitrogen and oxygen atoms in total. The molecule has 0 atom stereocenters. The Morgan fingerprint density at radius 3 is 2.29 bits per heavy atom. The number of morpholine rings is 1. The van der Waals surface area contributed by atoms with E-state index in [1.165, 1.54) is 10.7 Å². The van der Waals surface area contributed by atoms with Crippen molar-refractivity contribution >= 4 is 15.9 Å². The Bertz CT molecular complexity index is 855. The molecule has 1 aromatic carbocycles. The largest absolute Gasteiger partial charge is 0.379 e. The summed E-state index contributed by atoms with van der Waals surface area (Å²) in [6, 6.07) is 6.64. The van der Waals surface area contributed by atoms with E-state index in [0.29, 0.717) is 19.6 Å². The molecule has 1 amide bonds. The van der Waals surface area contributed by atoms with Gasteiger partial charge in [-0.15, -0.1) is 0 Å². The van der Waals surface area contributed by atoms with Crippen LogP contribution in [0.3, 0.4) is 0 Å². The summed E-state index contributed by atoms with van der Waals surface area (Å²) in [6.45, 7) is 4.82. The van der Waals surface area contributed by atoms with Crippen LogP contribution < -0.4 is 5.32 Å². The summed E-state index contributed by atoms with van der Waals surface area (Å²) >= 11 is 0. The van der Waals surface area contributed by atoms with Gasteiger partial charge in [0.2, 0.25) is 10.0 Å². The quantitative estimate of drug-likeness (QED) is 0.722. The van der Waals surface area contributed by atoms with E-state index in [1.54, 1.807) is 24.3 Å². The van der Waals surface area contributed by atoms with Gasteiger partial charge in [0.15, 0.2) is 0 Å². The van der Waals surface area contributed by atoms with Gasteiger partial charge in [-0.3, -0.25) is 9.69 Å². The highest BCUT2D eigenvalue weighted by molar-refractivity contribution is 7.89. The van der Waals surface area contributed by atoms with E-state index in [4.69, 9.17) is 4.74 Å². The second-order valence-corrected chi connectivity index (χ2v) is 10.9. The van der Waals surface area contributed by atoms with Crippen molar-refractivity contribution in [1.29, 1.82) is 0 Å². The SMILES string of the molecule is O=C(NCC1(N2CCOCC2)CCCCC1)c1ccccc1S(=O)(=O)N1CCCCC1. The molecule has 0 bridgehead atoms. The average Bonchev–Trinajstić information content (AvgIpc) is 2.84. The summed E-state index contributed by atoms with van der Waals surface area (Å²) < 4.78 is 33.6. The summed E-state index contributed by atoms with van der Waals surface area (Å²) in [7, 11) is -3.67. The van der Waals surface area contributed by atoms with E-state index in [1.807, 2.05) is 0 Å². The van der Waals surface area contributed by atoms with E-state index >= 15 is 0 Å². The van der Waals surface area contributed by atoms with Crippen molar-refractivity contribution < 1.29 is 17.9 Å². The molecule has 172 valence electrons. The summed E-state index contributed by atoms with van der Waals surface area (Å²) in [4.78, 5) is 15.8. The fourth-order valence-electron chi connectivity index (χ4n) is 5.32. The first-order chi connectivity index (χ1) is 15.0. The molecule has 1 aromatic rings. The monoisotopic (exact) mass is 449 g/mol. The second-order valence-electron chi connectivity index (χ2n) is 9.03. The average molecular weight is 450 g/mol. The van der Waals surface area contributed by atoms with Crippen LogP contribution >= 0.6 is 0 Å². The zero-order chi connectivity index (χ0) is 21.7. The molecule has 3 aliphatic rings. The zero-order valence-electron chi connectivity index (χ0n) is 18.4. The Hall–Kier alpha value is -1.48. The van der Waals surface area contributed by atoms with Gasteiger partial charge in [-0.25, -0.2) is 8.42 Å². The normalized spacial score (nSPS) is 23.4. The molecule has 2 saturated heterocycles. The van der Waals surface area contributed by atoms with Crippen LogP contribution in [0.5, 0.6) is 0 Å². The molecule has 0 spiro atoms. The van der Waals surface area contributed by atoms with Crippen molar-refractivity contribution in [2.24, 2.45) is 0 Å². The molecule has 4 rings (SSSR count). The van der Waals surface area contributed by atoms with Crippen LogP contribution in [0.4, 0.5) is 0 Å². The Morgan fingerprint density at radius 1 is 0.935 bits per heavy atom. The molecule has 1 saturated carbocycles. The predicted molar refractivity (Wildman–Crippen MR) is 120 cm³/mol. The number of carbonyl (C=O) groups is 1. The van der Waals surface area contributed by atoms with Crippen LogP contribution in [0.2, 0.25) is 0 Å². The maximum Gasteiger partial charge on any atom is 0.252 e. The molecular weight excluding hydrogens is 414 g/mol. The Morgan fingerprint density at radius 2 is 1.58 bits per heavy atom. The Balaban J connectivity index is 1.52. The molecule has 1 aliphatic carbocycles. The molecule has 1 N–H and O–H groups in total. The fourth-order valence-corrected chi connectivity index (χ4v) is 7.02.